The number of aryl methyl sites for hydroxylation is 1. The molecule has 0 saturated heterocycles. The number of amides is 1. The number of nitrogens with one attached hydrogen (secondary N) is 1. The molecule has 12 heteroatoms. The molecule has 2 aromatic heterocycles. The molecule has 0 aliphatic rings. The van der Waals surface area contributed by atoms with Gasteiger partial charge in [0.2, 0.25) is 5.91 Å². The second-order valence-corrected chi connectivity index (χ2v) is 7.58. The number of rotatable bonds is 7. The maximum atomic E-state index is 13.1. The van der Waals surface area contributed by atoms with Gasteiger partial charge in [0, 0.05) is 10.0 Å². The summed E-state index contributed by atoms with van der Waals surface area (Å²) >= 11 is 12.1. The van der Waals surface area contributed by atoms with Crippen molar-refractivity contribution in [3.63, 3.8) is 0 Å². The van der Waals surface area contributed by atoms with Gasteiger partial charge in [-0.3, -0.25) is 14.2 Å². The van der Waals surface area contributed by atoms with Gasteiger partial charge in [-0.15, -0.1) is 0 Å². The van der Waals surface area contributed by atoms with Gasteiger partial charge in [0.05, 0.1) is 23.6 Å². The SMILES string of the molecule is Cc1nn(Cc2ccc(Cl)cc2Cl)c(C)c1NC(=O)Cn1nc(C(F)F)cc1C(F)F. The van der Waals surface area contributed by atoms with Crippen LogP contribution in [0.1, 0.15) is 41.2 Å². The lowest BCUT2D eigenvalue weighted by atomic mass is 10.2. The summed E-state index contributed by atoms with van der Waals surface area (Å²) in [6.45, 7) is 3.03. The molecule has 1 aromatic carbocycles. The number of hydrogen-bond donors (Lipinski definition) is 1. The van der Waals surface area contributed by atoms with Crippen LogP contribution in [0.3, 0.4) is 0 Å². The van der Waals surface area contributed by atoms with Gasteiger partial charge in [-0.2, -0.15) is 10.2 Å². The number of anilines is 1. The molecule has 0 aliphatic carbocycles. The van der Waals surface area contributed by atoms with Gasteiger partial charge in [0.1, 0.15) is 17.9 Å². The van der Waals surface area contributed by atoms with E-state index in [2.05, 4.69) is 15.5 Å². The molecule has 3 rings (SSSR count). The molecule has 0 aliphatic heterocycles. The van der Waals surface area contributed by atoms with E-state index in [9.17, 15) is 22.4 Å². The van der Waals surface area contributed by atoms with Crippen LogP contribution >= 0.6 is 23.2 Å². The highest BCUT2D eigenvalue weighted by Gasteiger charge is 2.23. The average molecular weight is 478 g/mol. The number of halogens is 6. The minimum absolute atomic E-state index is 0.310. The zero-order valence-electron chi connectivity index (χ0n) is 16.3. The van der Waals surface area contributed by atoms with Crippen molar-refractivity contribution in [1.29, 1.82) is 0 Å². The largest absolute Gasteiger partial charge is 0.321 e. The van der Waals surface area contributed by atoms with Gasteiger partial charge < -0.3 is 5.32 Å². The number of alkyl halides is 4. The van der Waals surface area contributed by atoms with Crippen LogP contribution in [0.5, 0.6) is 0 Å². The highest BCUT2D eigenvalue weighted by atomic mass is 35.5. The summed E-state index contributed by atoms with van der Waals surface area (Å²) in [6, 6.07) is 5.64. The monoisotopic (exact) mass is 477 g/mol. The van der Waals surface area contributed by atoms with E-state index in [-0.39, 0.29) is 0 Å². The molecule has 0 fully saturated rings. The Labute approximate surface area is 184 Å². The van der Waals surface area contributed by atoms with Gasteiger partial charge in [0.25, 0.3) is 12.9 Å². The highest BCUT2D eigenvalue weighted by Crippen LogP contribution is 2.27. The molecule has 0 unspecified atom stereocenters. The fraction of sp³-hybridized carbons (Fsp3) is 0.316. The molecule has 0 radical (unpaired) electrons. The predicted octanol–water partition coefficient (Wildman–Crippen LogP) is 5.57. The summed E-state index contributed by atoms with van der Waals surface area (Å²) in [7, 11) is 0. The smallest absolute Gasteiger partial charge is 0.282 e. The maximum absolute atomic E-state index is 13.1. The van der Waals surface area contributed by atoms with Crippen molar-refractivity contribution in [2.45, 2.75) is 39.8 Å². The molecular formula is C19H17Cl2F4N5O. The molecule has 0 atom stereocenters. The van der Waals surface area contributed by atoms with Crippen molar-refractivity contribution >= 4 is 34.8 Å². The zero-order valence-corrected chi connectivity index (χ0v) is 17.9. The molecule has 3 aromatic rings. The topological polar surface area (TPSA) is 64.7 Å². The zero-order chi connectivity index (χ0) is 22.9. The maximum Gasteiger partial charge on any atom is 0.282 e. The number of aromatic nitrogens is 4. The molecule has 31 heavy (non-hydrogen) atoms. The molecule has 6 nitrogen and oxygen atoms in total. The quantitative estimate of drug-likeness (QED) is 0.452. The molecular weight excluding hydrogens is 461 g/mol. The summed E-state index contributed by atoms with van der Waals surface area (Å²) in [5.74, 6) is -0.707. The lowest BCUT2D eigenvalue weighted by molar-refractivity contribution is -0.117. The lowest BCUT2D eigenvalue weighted by Crippen LogP contribution is -2.22. The molecule has 1 amide bonds. The Morgan fingerprint density at radius 2 is 1.77 bits per heavy atom. The van der Waals surface area contributed by atoms with Crippen LogP contribution in [0.25, 0.3) is 0 Å². The Morgan fingerprint density at radius 3 is 2.39 bits per heavy atom. The van der Waals surface area contributed by atoms with Crippen molar-refractivity contribution in [1.82, 2.24) is 19.6 Å². The number of carbonyl (C=O) groups is 1. The summed E-state index contributed by atoms with van der Waals surface area (Å²) in [4.78, 5) is 12.4. The van der Waals surface area contributed by atoms with E-state index in [1.54, 1.807) is 36.7 Å². The molecule has 2 heterocycles. The van der Waals surface area contributed by atoms with Crippen LogP contribution in [0.4, 0.5) is 23.2 Å². The Balaban J connectivity index is 1.78. The van der Waals surface area contributed by atoms with Gasteiger partial charge >= 0.3 is 0 Å². The van der Waals surface area contributed by atoms with E-state index in [0.717, 1.165) is 5.56 Å². The van der Waals surface area contributed by atoms with E-state index in [1.807, 2.05) is 0 Å². The van der Waals surface area contributed by atoms with Crippen LogP contribution < -0.4 is 5.32 Å². The van der Waals surface area contributed by atoms with Crippen LogP contribution in [0.2, 0.25) is 10.0 Å². The Kier molecular flexibility index (Phi) is 6.90. The standard InChI is InChI=1S/C19H17Cl2F4N5O/c1-9-17(10(2)29(27-9)7-11-3-4-12(20)5-13(11)21)26-16(31)8-30-15(19(24)25)6-14(28-30)18(22)23/h3-6,18-19H,7-8H2,1-2H3,(H,26,31). The van der Waals surface area contributed by atoms with Crippen molar-refractivity contribution in [3.05, 3.63) is 62.6 Å². The Hall–Kier alpha value is -2.59. The molecule has 166 valence electrons. The second-order valence-electron chi connectivity index (χ2n) is 6.74. The molecule has 0 saturated carbocycles. The van der Waals surface area contributed by atoms with Crippen molar-refractivity contribution in [2.75, 3.05) is 5.32 Å². The summed E-state index contributed by atoms with van der Waals surface area (Å²) in [6.07, 6.45) is -6.08. The summed E-state index contributed by atoms with van der Waals surface area (Å²) in [5, 5.41) is 11.3. The third-order valence-corrected chi connectivity index (χ3v) is 5.14. The average Bonchev–Trinajstić information content (AvgIpc) is 3.21. The minimum Gasteiger partial charge on any atom is -0.321 e. The van der Waals surface area contributed by atoms with Crippen molar-refractivity contribution in [3.8, 4) is 0 Å². The normalized spacial score (nSPS) is 11.5. The second kappa shape index (κ2) is 9.27. The van der Waals surface area contributed by atoms with E-state index < -0.39 is 36.7 Å². The third kappa shape index (κ3) is 5.19. The first-order valence-corrected chi connectivity index (χ1v) is 9.74. The van der Waals surface area contributed by atoms with Gasteiger partial charge in [0.15, 0.2) is 0 Å². The van der Waals surface area contributed by atoms with E-state index >= 15 is 0 Å². The first-order valence-electron chi connectivity index (χ1n) is 8.98. The van der Waals surface area contributed by atoms with Crippen LogP contribution in [-0.2, 0) is 17.9 Å². The number of nitrogens with zero attached hydrogens (tertiary/aromatic N) is 4. The van der Waals surface area contributed by atoms with Crippen molar-refractivity contribution in [2.24, 2.45) is 0 Å². The fourth-order valence-corrected chi connectivity index (χ4v) is 3.49. The number of benzene rings is 1. The fourth-order valence-electron chi connectivity index (χ4n) is 3.02. The molecule has 1 N–H and O–H groups in total. The van der Waals surface area contributed by atoms with E-state index in [4.69, 9.17) is 23.2 Å². The van der Waals surface area contributed by atoms with Gasteiger partial charge in [-0.1, -0.05) is 29.3 Å². The van der Waals surface area contributed by atoms with E-state index in [0.29, 0.717) is 44.4 Å². The van der Waals surface area contributed by atoms with Crippen molar-refractivity contribution < 1.29 is 22.4 Å². The van der Waals surface area contributed by atoms with Crippen LogP contribution in [0, 0.1) is 13.8 Å². The molecule has 0 spiro atoms. The first kappa shape index (κ1) is 23.1. The lowest BCUT2D eigenvalue weighted by Gasteiger charge is -2.10. The molecule has 0 bridgehead atoms. The van der Waals surface area contributed by atoms with Crippen LogP contribution in [-0.4, -0.2) is 25.5 Å². The van der Waals surface area contributed by atoms with E-state index in [1.165, 1.54) is 0 Å². The minimum atomic E-state index is -3.05. The number of carbonyl (C=O) groups excluding carboxylic acids is 1. The Bertz CT molecular complexity index is 1110. The third-order valence-electron chi connectivity index (χ3n) is 4.55. The number of hydrogen-bond acceptors (Lipinski definition) is 3. The van der Waals surface area contributed by atoms with Crippen LogP contribution in [0.15, 0.2) is 24.3 Å². The predicted molar refractivity (Wildman–Crippen MR) is 108 cm³/mol. The Morgan fingerprint density at radius 1 is 1.06 bits per heavy atom. The van der Waals surface area contributed by atoms with Gasteiger partial charge in [-0.05, 0) is 37.6 Å². The first-order chi connectivity index (χ1) is 14.6. The summed E-state index contributed by atoms with van der Waals surface area (Å²) in [5.41, 5.74) is 0.649. The van der Waals surface area contributed by atoms with Gasteiger partial charge in [-0.25, -0.2) is 17.6 Å². The summed E-state index contributed by atoms with van der Waals surface area (Å²) < 4.78 is 54.0. The highest BCUT2D eigenvalue weighted by molar-refractivity contribution is 6.35.